The van der Waals surface area contributed by atoms with E-state index < -0.39 is 15.2 Å². The normalized spacial score (nSPS) is 12.3. The quantitative estimate of drug-likeness (QED) is 0.387. The number of hydrogen-bond acceptors (Lipinski definition) is 2. The molecule has 2 aromatic carbocycles. The summed E-state index contributed by atoms with van der Waals surface area (Å²) in [7, 11) is -1.55. The van der Waals surface area contributed by atoms with E-state index in [1.54, 1.807) is 17.5 Å². The summed E-state index contributed by atoms with van der Waals surface area (Å²) in [4.78, 5) is 0. The third-order valence-electron chi connectivity index (χ3n) is 4.86. The van der Waals surface area contributed by atoms with E-state index in [0.717, 1.165) is 13.0 Å². The van der Waals surface area contributed by atoms with Crippen molar-refractivity contribution < 1.29 is 9.47 Å². The summed E-state index contributed by atoms with van der Waals surface area (Å²) in [5.74, 6) is 0. The van der Waals surface area contributed by atoms with Gasteiger partial charge in [-0.15, -0.1) is 0 Å². The summed E-state index contributed by atoms with van der Waals surface area (Å²) in [5, 5.41) is 3.14. The van der Waals surface area contributed by atoms with Crippen LogP contribution in [0, 0.1) is 0 Å². The standard InChI is InChI=1S/C20H30O2Si2/c1-21-18-22-16-11-17-24(23(2,3)4,19-12-7-5-8-13-19)20-14-9-6-10-15-20/h5-10,12-15H,11,16-18H2,1-4H3. The minimum Gasteiger partial charge on any atom is -0.359 e. The number of benzene rings is 2. The molecule has 0 atom stereocenters. The van der Waals surface area contributed by atoms with Gasteiger partial charge in [0.2, 0.25) is 0 Å². The van der Waals surface area contributed by atoms with Gasteiger partial charge in [0.25, 0.3) is 0 Å². The SMILES string of the molecule is COCOCCC[Si](c1ccccc1)(c1ccccc1)[Si](C)(C)C. The molecule has 0 unspecified atom stereocenters. The van der Waals surface area contributed by atoms with E-state index in [2.05, 4.69) is 80.3 Å². The van der Waals surface area contributed by atoms with Crippen molar-refractivity contribution in [2.45, 2.75) is 32.1 Å². The highest BCUT2D eigenvalue weighted by Crippen LogP contribution is 2.25. The molecule has 0 N–H and O–H groups in total. The Morgan fingerprint density at radius 2 is 1.29 bits per heavy atom. The molecule has 130 valence electrons. The predicted molar refractivity (Wildman–Crippen MR) is 109 cm³/mol. The smallest absolute Gasteiger partial charge is 0.146 e. The number of methoxy groups -OCH3 is 1. The van der Waals surface area contributed by atoms with Gasteiger partial charge in [-0.1, -0.05) is 90.7 Å². The average Bonchev–Trinajstić information content (AvgIpc) is 2.59. The molecule has 0 amide bonds. The molecule has 4 heteroatoms. The fourth-order valence-electron chi connectivity index (χ4n) is 3.72. The van der Waals surface area contributed by atoms with Crippen molar-refractivity contribution in [3.63, 3.8) is 0 Å². The lowest BCUT2D eigenvalue weighted by atomic mass is 10.4. The zero-order valence-corrected chi connectivity index (χ0v) is 17.4. The molecule has 0 aliphatic carbocycles. The fourth-order valence-corrected chi connectivity index (χ4v) is 18.3. The molecule has 2 nitrogen and oxygen atoms in total. The summed E-state index contributed by atoms with van der Waals surface area (Å²) in [6.07, 6.45) is 1.09. The number of ether oxygens (including phenoxy) is 2. The summed E-state index contributed by atoms with van der Waals surface area (Å²) >= 11 is 0. The van der Waals surface area contributed by atoms with Gasteiger partial charge >= 0.3 is 0 Å². The molecule has 0 aliphatic rings. The average molecular weight is 359 g/mol. The topological polar surface area (TPSA) is 18.5 Å². The molecule has 0 saturated carbocycles. The molecule has 24 heavy (non-hydrogen) atoms. The molecule has 0 bridgehead atoms. The van der Waals surface area contributed by atoms with E-state index in [-0.39, 0.29) is 0 Å². The van der Waals surface area contributed by atoms with E-state index in [9.17, 15) is 0 Å². The zero-order valence-electron chi connectivity index (χ0n) is 15.4. The second-order valence-electron chi connectivity index (χ2n) is 7.31. The molecule has 0 heterocycles. The summed E-state index contributed by atoms with van der Waals surface area (Å²) in [5.41, 5.74) is 0. The van der Waals surface area contributed by atoms with Gasteiger partial charge in [-0.3, -0.25) is 0 Å². The van der Waals surface area contributed by atoms with E-state index in [1.807, 2.05) is 0 Å². The molecule has 0 saturated heterocycles. The van der Waals surface area contributed by atoms with Crippen LogP contribution in [0.15, 0.2) is 60.7 Å². The molecular formula is C20H30O2Si2. The largest absolute Gasteiger partial charge is 0.359 e. The van der Waals surface area contributed by atoms with Crippen molar-refractivity contribution in [2.75, 3.05) is 20.5 Å². The minimum atomic E-state index is -1.79. The van der Waals surface area contributed by atoms with Crippen LogP contribution in [0.2, 0.25) is 25.7 Å². The molecule has 0 spiro atoms. The Bertz CT molecular complexity index is 555. The molecule has 0 fully saturated rings. The lowest BCUT2D eigenvalue weighted by molar-refractivity contribution is -0.0300. The molecule has 0 aliphatic heterocycles. The highest BCUT2D eigenvalue weighted by molar-refractivity contribution is 7.50. The van der Waals surface area contributed by atoms with Crippen LogP contribution in [0.4, 0.5) is 0 Å². The van der Waals surface area contributed by atoms with Gasteiger partial charge < -0.3 is 9.47 Å². The van der Waals surface area contributed by atoms with Gasteiger partial charge in [-0.25, -0.2) is 0 Å². The maximum absolute atomic E-state index is 5.58. The maximum atomic E-state index is 5.58. The summed E-state index contributed by atoms with van der Waals surface area (Å²) in [6, 6.07) is 23.7. The van der Waals surface area contributed by atoms with Gasteiger partial charge in [0, 0.05) is 21.3 Å². The Labute approximate surface area is 148 Å². The number of rotatable bonds is 9. The lowest BCUT2D eigenvalue weighted by Crippen LogP contribution is -2.73. The van der Waals surface area contributed by atoms with Crippen LogP contribution in [0.5, 0.6) is 0 Å². The first kappa shape index (κ1) is 19.1. The monoisotopic (exact) mass is 358 g/mol. The van der Waals surface area contributed by atoms with Crippen molar-refractivity contribution >= 4 is 25.6 Å². The summed E-state index contributed by atoms with van der Waals surface area (Å²) < 4.78 is 10.6. The second kappa shape index (κ2) is 8.76. The van der Waals surface area contributed by atoms with Gasteiger partial charge in [0.15, 0.2) is 0 Å². The van der Waals surface area contributed by atoms with E-state index in [1.165, 1.54) is 6.04 Å². The van der Waals surface area contributed by atoms with Crippen LogP contribution in [0.1, 0.15) is 6.42 Å². The van der Waals surface area contributed by atoms with Gasteiger partial charge in [0.1, 0.15) is 14.4 Å². The van der Waals surface area contributed by atoms with Crippen LogP contribution < -0.4 is 10.4 Å². The molecule has 2 rings (SSSR count). The van der Waals surface area contributed by atoms with Gasteiger partial charge in [0.05, 0.1) is 0 Å². The highest BCUT2D eigenvalue weighted by atomic mass is 29.3. The Balaban J connectivity index is 2.42. The van der Waals surface area contributed by atoms with Crippen LogP contribution in [-0.4, -0.2) is 35.7 Å². The van der Waals surface area contributed by atoms with Crippen LogP contribution in [-0.2, 0) is 9.47 Å². The lowest BCUT2D eigenvalue weighted by Gasteiger charge is -2.43. The van der Waals surface area contributed by atoms with E-state index in [4.69, 9.17) is 9.47 Å². The third-order valence-corrected chi connectivity index (χ3v) is 21.3. The van der Waals surface area contributed by atoms with Crippen molar-refractivity contribution in [1.82, 2.24) is 0 Å². The van der Waals surface area contributed by atoms with Crippen LogP contribution in [0.25, 0.3) is 0 Å². The third kappa shape index (κ3) is 4.25. The Kier molecular flexibility index (Phi) is 6.98. The maximum Gasteiger partial charge on any atom is 0.146 e. The van der Waals surface area contributed by atoms with E-state index in [0.29, 0.717) is 6.79 Å². The van der Waals surface area contributed by atoms with E-state index >= 15 is 0 Å². The second-order valence-corrected chi connectivity index (χ2v) is 22.3. The Morgan fingerprint density at radius 3 is 1.71 bits per heavy atom. The van der Waals surface area contributed by atoms with Gasteiger partial charge in [-0.05, 0) is 12.5 Å². The number of hydrogen-bond donors (Lipinski definition) is 0. The first-order chi connectivity index (χ1) is 11.5. The predicted octanol–water partition coefficient (Wildman–Crippen LogP) is 3.68. The first-order valence-corrected chi connectivity index (χ1v) is 15.4. The Hall–Kier alpha value is -1.21. The zero-order chi connectivity index (χ0) is 17.5. The summed E-state index contributed by atoms with van der Waals surface area (Å²) in [6.45, 7) is 8.77. The molecule has 2 aromatic rings. The van der Waals surface area contributed by atoms with Gasteiger partial charge in [-0.2, -0.15) is 0 Å². The molecule has 0 aromatic heterocycles. The van der Waals surface area contributed by atoms with Crippen molar-refractivity contribution in [2.24, 2.45) is 0 Å². The fraction of sp³-hybridized carbons (Fsp3) is 0.400. The van der Waals surface area contributed by atoms with Crippen molar-refractivity contribution in [3.8, 4) is 0 Å². The van der Waals surface area contributed by atoms with Crippen molar-refractivity contribution in [1.29, 1.82) is 0 Å². The molecular weight excluding hydrogens is 328 g/mol. The first-order valence-electron chi connectivity index (χ1n) is 8.70. The molecule has 0 radical (unpaired) electrons. The Morgan fingerprint density at radius 1 is 0.792 bits per heavy atom. The van der Waals surface area contributed by atoms with Crippen molar-refractivity contribution in [3.05, 3.63) is 60.7 Å². The minimum absolute atomic E-state index is 0.387. The van der Waals surface area contributed by atoms with Crippen LogP contribution in [0.3, 0.4) is 0 Å². The highest BCUT2D eigenvalue weighted by Gasteiger charge is 2.47. The van der Waals surface area contributed by atoms with Crippen LogP contribution >= 0.6 is 0 Å².